The molecule has 0 unspecified atom stereocenters. The van der Waals surface area contributed by atoms with Gasteiger partial charge < -0.3 is 21.3 Å². The van der Waals surface area contributed by atoms with E-state index in [0.29, 0.717) is 22.7 Å². The SMILES string of the molecule is CCCN[C@H]1CCN(c2nc(Nc3cc(N)cc(Cl)c3)nc3c2CCC3)C1. The van der Waals surface area contributed by atoms with E-state index in [9.17, 15) is 0 Å². The largest absolute Gasteiger partial charge is 0.399 e. The van der Waals surface area contributed by atoms with Crippen LogP contribution in [0.25, 0.3) is 0 Å². The molecule has 1 saturated heterocycles. The number of hydrogen-bond donors (Lipinski definition) is 3. The number of nitrogens with zero attached hydrogens (tertiary/aromatic N) is 3. The first-order chi connectivity index (χ1) is 13.1. The van der Waals surface area contributed by atoms with Crippen molar-refractivity contribution in [2.75, 3.05) is 35.6 Å². The van der Waals surface area contributed by atoms with E-state index < -0.39 is 0 Å². The van der Waals surface area contributed by atoms with E-state index >= 15 is 0 Å². The Morgan fingerprint density at radius 3 is 2.96 bits per heavy atom. The second kappa shape index (κ2) is 7.90. The second-order valence-corrected chi connectivity index (χ2v) is 7.87. The Kier molecular flexibility index (Phi) is 5.36. The normalized spacial score (nSPS) is 18.7. The van der Waals surface area contributed by atoms with Crippen LogP contribution in [0.15, 0.2) is 18.2 Å². The summed E-state index contributed by atoms with van der Waals surface area (Å²) in [5.41, 5.74) is 9.83. The van der Waals surface area contributed by atoms with Crippen molar-refractivity contribution in [2.45, 2.75) is 45.1 Å². The third kappa shape index (κ3) is 4.12. The number of fused-ring (bicyclic) bond motifs is 1. The molecule has 4 rings (SSSR count). The maximum atomic E-state index is 6.13. The molecule has 2 heterocycles. The van der Waals surface area contributed by atoms with Crippen molar-refractivity contribution in [2.24, 2.45) is 0 Å². The lowest BCUT2D eigenvalue weighted by molar-refractivity contribution is 0.549. The Morgan fingerprint density at radius 2 is 2.15 bits per heavy atom. The highest BCUT2D eigenvalue weighted by atomic mass is 35.5. The highest BCUT2D eigenvalue weighted by Gasteiger charge is 2.28. The van der Waals surface area contributed by atoms with Gasteiger partial charge in [-0.3, -0.25) is 0 Å². The van der Waals surface area contributed by atoms with Crippen molar-refractivity contribution in [1.82, 2.24) is 15.3 Å². The summed E-state index contributed by atoms with van der Waals surface area (Å²) in [7, 11) is 0. The smallest absolute Gasteiger partial charge is 0.229 e. The highest BCUT2D eigenvalue weighted by molar-refractivity contribution is 6.31. The van der Waals surface area contributed by atoms with Gasteiger partial charge in [0.15, 0.2) is 0 Å². The van der Waals surface area contributed by atoms with Gasteiger partial charge in [0.05, 0.1) is 5.69 Å². The lowest BCUT2D eigenvalue weighted by atomic mass is 10.2. The molecule has 4 N–H and O–H groups in total. The Hall–Kier alpha value is -2.05. The molecule has 2 aliphatic rings. The summed E-state index contributed by atoms with van der Waals surface area (Å²) in [6, 6.07) is 5.97. The van der Waals surface area contributed by atoms with E-state index in [1.807, 2.05) is 12.1 Å². The van der Waals surface area contributed by atoms with Gasteiger partial charge in [-0.2, -0.15) is 4.98 Å². The number of nitrogen functional groups attached to an aromatic ring is 1. The maximum absolute atomic E-state index is 6.13. The number of aryl methyl sites for hydroxylation is 1. The number of nitrogens with two attached hydrogens (primary N) is 1. The van der Waals surface area contributed by atoms with Gasteiger partial charge in [-0.05, 0) is 56.8 Å². The first kappa shape index (κ1) is 18.3. The Labute approximate surface area is 165 Å². The van der Waals surface area contributed by atoms with Gasteiger partial charge in [0.2, 0.25) is 5.95 Å². The molecule has 7 heteroatoms. The summed E-state index contributed by atoms with van der Waals surface area (Å²) < 4.78 is 0. The molecule has 0 saturated carbocycles. The van der Waals surface area contributed by atoms with Crippen molar-refractivity contribution in [3.63, 3.8) is 0 Å². The summed E-state index contributed by atoms with van der Waals surface area (Å²) in [5, 5.41) is 7.53. The molecule has 1 aliphatic heterocycles. The van der Waals surface area contributed by atoms with Crippen LogP contribution in [0, 0.1) is 0 Å². The fourth-order valence-corrected chi connectivity index (χ4v) is 4.25. The molecular formula is C20H27ClN6. The van der Waals surface area contributed by atoms with Crippen molar-refractivity contribution < 1.29 is 0 Å². The first-order valence-corrected chi connectivity index (χ1v) is 10.2. The van der Waals surface area contributed by atoms with Gasteiger partial charge in [-0.25, -0.2) is 4.98 Å². The van der Waals surface area contributed by atoms with Crippen molar-refractivity contribution in [1.29, 1.82) is 0 Å². The summed E-state index contributed by atoms with van der Waals surface area (Å²) in [6.07, 6.45) is 5.56. The quantitative estimate of drug-likeness (QED) is 0.659. The molecule has 1 fully saturated rings. The van der Waals surface area contributed by atoms with Crippen LogP contribution in [0.3, 0.4) is 0 Å². The number of anilines is 4. The highest BCUT2D eigenvalue weighted by Crippen LogP contribution is 2.33. The van der Waals surface area contributed by atoms with Crippen molar-refractivity contribution in [3.05, 3.63) is 34.5 Å². The summed E-state index contributed by atoms with van der Waals surface area (Å²) >= 11 is 6.13. The second-order valence-electron chi connectivity index (χ2n) is 7.43. The van der Waals surface area contributed by atoms with E-state index in [2.05, 4.69) is 22.5 Å². The van der Waals surface area contributed by atoms with Gasteiger partial charge in [-0.15, -0.1) is 0 Å². The Bertz CT molecular complexity index is 804. The predicted octanol–water partition coefficient (Wildman–Crippen LogP) is 3.52. The van der Waals surface area contributed by atoms with E-state index in [1.54, 1.807) is 6.07 Å². The monoisotopic (exact) mass is 386 g/mol. The lowest BCUT2D eigenvalue weighted by Crippen LogP contribution is -2.33. The van der Waals surface area contributed by atoms with Gasteiger partial charge in [-0.1, -0.05) is 18.5 Å². The zero-order chi connectivity index (χ0) is 18.8. The molecule has 1 aromatic heterocycles. The van der Waals surface area contributed by atoms with Crippen molar-refractivity contribution in [3.8, 4) is 0 Å². The molecule has 1 aromatic carbocycles. The van der Waals surface area contributed by atoms with Crippen LogP contribution >= 0.6 is 11.6 Å². The zero-order valence-corrected chi connectivity index (χ0v) is 16.5. The average molecular weight is 387 g/mol. The Balaban J connectivity index is 1.59. The van der Waals surface area contributed by atoms with Crippen LogP contribution in [-0.2, 0) is 12.8 Å². The molecule has 0 spiro atoms. The summed E-state index contributed by atoms with van der Waals surface area (Å²) in [6.45, 7) is 5.32. The molecular weight excluding hydrogens is 360 g/mol. The number of hydrogen-bond acceptors (Lipinski definition) is 6. The third-order valence-electron chi connectivity index (χ3n) is 5.26. The zero-order valence-electron chi connectivity index (χ0n) is 15.8. The van der Waals surface area contributed by atoms with Gasteiger partial charge >= 0.3 is 0 Å². The standard InChI is InChI=1S/C20H27ClN6/c1-2-7-23-15-6-8-27(12-15)19-17-4-3-5-18(17)25-20(26-19)24-16-10-13(21)9-14(22)11-16/h9-11,15,23H,2-8,12,22H2,1H3,(H,24,25,26)/t15-/m0/s1. The molecule has 0 radical (unpaired) electrons. The van der Waals surface area contributed by atoms with E-state index in [-0.39, 0.29) is 0 Å². The molecule has 2 aromatic rings. The van der Waals surface area contributed by atoms with E-state index in [0.717, 1.165) is 63.2 Å². The number of benzene rings is 1. The number of aromatic nitrogens is 2. The van der Waals surface area contributed by atoms with Crippen molar-refractivity contribution >= 4 is 34.7 Å². The molecule has 27 heavy (non-hydrogen) atoms. The van der Waals surface area contributed by atoms with E-state index in [1.165, 1.54) is 11.3 Å². The fourth-order valence-electron chi connectivity index (χ4n) is 4.01. The van der Waals surface area contributed by atoms with Gasteiger partial charge in [0.25, 0.3) is 0 Å². The van der Waals surface area contributed by atoms with E-state index in [4.69, 9.17) is 27.3 Å². The molecule has 144 valence electrons. The van der Waals surface area contributed by atoms with Crippen LogP contribution in [-0.4, -0.2) is 35.6 Å². The number of rotatable bonds is 6. The maximum Gasteiger partial charge on any atom is 0.229 e. The summed E-state index contributed by atoms with van der Waals surface area (Å²) in [5.74, 6) is 1.72. The predicted molar refractivity (Wildman–Crippen MR) is 112 cm³/mol. The minimum atomic E-state index is 0.543. The topological polar surface area (TPSA) is 79.1 Å². The number of halogens is 1. The molecule has 1 aliphatic carbocycles. The van der Waals surface area contributed by atoms with Gasteiger partial charge in [0, 0.05) is 41.1 Å². The first-order valence-electron chi connectivity index (χ1n) is 9.83. The van der Waals surface area contributed by atoms with Crippen LogP contribution < -0.4 is 21.3 Å². The van der Waals surface area contributed by atoms with Gasteiger partial charge in [0.1, 0.15) is 5.82 Å². The minimum absolute atomic E-state index is 0.543. The summed E-state index contributed by atoms with van der Waals surface area (Å²) in [4.78, 5) is 12.1. The fraction of sp³-hybridized carbons (Fsp3) is 0.500. The Morgan fingerprint density at radius 1 is 1.26 bits per heavy atom. The molecule has 0 amide bonds. The molecule has 6 nitrogen and oxygen atoms in total. The molecule has 0 bridgehead atoms. The minimum Gasteiger partial charge on any atom is -0.399 e. The van der Waals surface area contributed by atoms with Crippen LogP contribution in [0.1, 0.15) is 37.4 Å². The van der Waals surface area contributed by atoms with Crippen LogP contribution in [0.4, 0.5) is 23.1 Å². The third-order valence-corrected chi connectivity index (χ3v) is 5.48. The molecule has 1 atom stereocenters. The lowest BCUT2D eigenvalue weighted by Gasteiger charge is -2.22. The van der Waals surface area contributed by atoms with Crippen LogP contribution in [0.5, 0.6) is 0 Å². The van der Waals surface area contributed by atoms with Crippen LogP contribution in [0.2, 0.25) is 5.02 Å². The number of nitrogens with one attached hydrogen (secondary N) is 2. The average Bonchev–Trinajstić information content (AvgIpc) is 3.27.